The summed E-state index contributed by atoms with van der Waals surface area (Å²) in [7, 11) is 0. The maximum atomic E-state index is 11.0. The summed E-state index contributed by atoms with van der Waals surface area (Å²) >= 11 is 3.23. The molecule has 0 radical (unpaired) electrons. The summed E-state index contributed by atoms with van der Waals surface area (Å²) < 4.78 is 0. The van der Waals surface area contributed by atoms with Crippen molar-refractivity contribution < 1.29 is 9.90 Å². The lowest BCUT2D eigenvalue weighted by Crippen LogP contribution is -2.26. The summed E-state index contributed by atoms with van der Waals surface area (Å²) in [6, 6.07) is 0.433. The van der Waals surface area contributed by atoms with Gasteiger partial charge in [-0.3, -0.25) is 0 Å². The van der Waals surface area contributed by atoms with Crippen LogP contribution in [-0.4, -0.2) is 33.1 Å². The van der Waals surface area contributed by atoms with Gasteiger partial charge in [-0.25, -0.2) is 9.78 Å². The Kier molecular flexibility index (Phi) is 4.50. The Morgan fingerprint density at radius 2 is 2.39 bits per heavy atom. The molecule has 4 nitrogen and oxygen atoms in total. The first-order valence-electron chi connectivity index (χ1n) is 6.20. The predicted molar refractivity (Wildman–Crippen MR) is 77.0 cm³/mol. The summed E-state index contributed by atoms with van der Waals surface area (Å²) in [6.45, 7) is 3.92. The molecule has 0 aromatic carbocycles. The Labute approximate surface area is 115 Å². The molecule has 1 aromatic heterocycles. The highest BCUT2D eigenvalue weighted by Gasteiger charge is 2.28. The molecule has 2 unspecified atom stereocenters. The fraction of sp³-hybridized carbons (Fsp3) is 0.667. The number of thioether (sulfide) groups is 1. The second-order valence-corrected chi connectivity index (χ2v) is 6.93. The summed E-state index contributed by atoms with van der Waals surface area (Å²) in [5, 5.41) is 13.8. The van der Waals surface area contributed by atoms with E-state index in [-0.39, 0.29) is 0 Å². The third-order valence-electron chi connectivity index (χ3n) is 3.13. The Hall–Kier alpha value is -0.750. The van der Waals surface area contributed by atoms with E-state index in [4.69, 9.17) is 5.11 Å². The standard InChI is InChI=1S/C12H18N2O2S2/c1-3-17-9-6-4-5-8(9)14-12-13-7(2)10(18-12)11(15)16/h8-9H,3-6H2,1-2H3,(H,13,14)(H,15,16). The van der Waals surface area contributed by atoms with Gasteiger partial charge >= 0.3 is 5.97 Å². The van der Waals surface area contributed by atoms with Crippen LogP contribution in [0.15, 0.2) is 0 Å². The summed E-state index contributed by atoms with van der Waals surface area (Å²) in [4.78, 5) is 15.6. The minimum atomic E-state index is -0.885. The topological polar surface area (TPSA) is 62.2 Å². The number of hydrogen-bond acceptors (Lipinski definition) is 5. The van der Waals surface area contributed by atoms with Crippen molar-refractivity contribution in [3.8, 4) is 0 Å². The van der Waals surface area contributed by atoms with E-state index in [1.54, 1.807) is 6.92 Å². The van der Waals surface area contributed by atoms with Crippen LogP contribution in [-0.2, 0) is 0 Å². The molecule has 2 atom stereocenters. The number of anilines is 1. The number of carboxylic acid groups (broad SMARTS) is 1. The van der Waals surface area contributed by atoms with Gasteiger partial charge in [-0.15, -0.1) is 0 Å². The Morgan fingerprint density at radius 3 is 3.00 bits per heavy atom. The van der Waals surface area contributed by atoms with Crippen molar-refractivity contribution in [2.45, 2.75) is 44.4 Å². The fourth-order valence-electron chi connectivity index (χ4n) is 2.32. The number of aromatic nitrogens is 1. The summed E-state index contributed by atoms with van der Waals surface area (Å²) in [6.07, 6.45) is 3.64. The van der Waals surface area contributed by atoms with E-state index < -0.39 is 5.97 Å². The van der Waals surface area contributed by atoms with E-state index >= 15 is 0 Å². The molecule has 0 aliphatic heterocycles. The number of nitrogens with zero attached hydrogens (tertiary/aromatic N) is 1. The summed E-state index contributed by atoms with van der Waals surface area (Å²) in [5.41, 5.74) is 0.604. The maximum absolute atomic E-state index is 11.0. The van der Waals surface area contributed by atoms with Crippen LogP contribution in [0.2, 0.25) is 0 Å². The number of aromatic carboxylic acids is 1. The summed E-state index contributed by atoms with van der Waals surface area (Å²) in [5.74, 6) is 0.240. The van der Waals surface area contributed by atoms with Crippen LogP contribution in [0.4, 0.5) is 5.13 Å². The van der Waals surface area contributed by atoms with Gasteiger partial charge in [0.05, 0.1) is 5.69 Å². The molecule has 2 rings (SSSR count). The smallest absolute Gasteiger partial charge is 0.347 e. The van der Waals surface area contributed by atoms with Gasteiger partial charge in [-0.1, -0.05) is 24.7 Å². The van der Waals surface area contributed by atoms with Gasteiger partial charge in [0.15, 0.2) is 5.13 Å². The maximum Gasteiger partial charge on any atom is 0.347 e. The minimum absolute atomic E-state index is 0.343. The van der Waals surface area contributed by atoms with Crippen molar-refractivity contribution in [2.75, 3.05) is 11.1 Å². The molecule has 1 fully saturated rings. The third kappa shape index (κ3) is 2.98. The number of nitrogens with one attached hydrogen (secondary N) is 1. The molecule has 100 valence electrons. The predicted octanol–water partition coefficient (Wildman–Crippen LogP) is 3.24. The van der Waals surface area contributed by atoms with Crippen molar-refractivity contribution >= 4 is 34.2 Å². The van der Waals surface area contributed by atoms with Crippen LogP contribution >= 0.6 is 23.1 Å². The highest BCUT2D eigenvalue weighted by molar-refractivity contribution is 7.99. The lowest BCUT2D eigenvalue weighted by atomic mass is 10.2. The van der Waals surface area contributed by atoms with Gasteiger partial charge in [0, 0.05) is 11.3 Å². The normalized spacial score (nSPS) is 23.2. The molecular weight excluding hydrogens is 268 g/mol. The number of rotatable bonds is 5. The molecule has 1 heterocycles. The largest absolute Gasteiger partial charge is 0.477 e. The highest BCUT2D eigenvalue weighted by Crippen LogP contribution is 2.33. The Morgan fingerprint density at radius 1 is 1.61 bits per heavy atom. The van der Waals surface area contributed by atoms with Crippen molar-refractivity contribution in [3.63, 3.8) is 0 Å². The highest BCUT2D eigenvalue weighted by atomic mass is 32.2. The quantitative estimate of drug-likeness (QED) is 0.870. The number of hydrogen-bond donors (Lipinski definition) is 2. The molecule has 1 aliphatic carbocycles. The van der Waals surface area contributed by atoms with Gasteiger partial charge in [0.1, 0.15) is 4.88 Å². The van der Waals surface area contributed by atoms with E-state index in [0.717, 1.165) is 17.3 Å². The van der Waals surface area contributed by atoms with E-state index in [2.05, 4.69) is 17.2 Å². The first kappa shape index (κ1) is 13.7. The SMILES string of the molecule is CCSC1CCCC1Nc1nc(C)c(C(=O)O)s1. The van der Waals surface area contributed by atoms with Gasteiger partial charge in [0.25, 0.3) is 0 Å². The van der Waals surface area contributed by atoms with Crippen molar-refractivity contribution in [1.82, 2.24) is 4.98 Å². The second kappa shape index (κ2) is 5.93. The molecule has 1 aromatic rings. The van der Waals surface area contributed by atoms with Crippen molar-refractivity contribution in [2.24, 2.45) is 0 Å². The van der Waals surface area contributed by atoms with Gasteiger partial charge in [0.2, 0.25) is 0 Å². The molecule has 0 spiro atoms. The van der Waals surface area contributed by atoms with Gasteiger partial charge < -0.3 is 10.4 Å². The van der Waals surface area contributed by atoms with Crippen LogP contribution in [0.1, 0.15) is 41.6 Å². The fourth-order valence-corrected chi connectivity index (χ4v) is 4.38. The van der Waals surface area contributed by atoms with E-state index in [1.807, 2.05) is 11.8 Å². The molecule has 1 aliphatic rings. The average Bonchev–Trinajstić information content (AvgIpc) is 2.87. The van der Waals surface area contributed by atoms with Crippen LogP contribution < -0.4 is 5.32 Å². The number of aryl methyl sites for hydroxylation is 1. The van der Waals surface area contributed by atoms with Crippen molar-refractivity contribution in [1.29, 1.82) is 0 Å². The number of carboxylic acids is 1. The lowest BCUT2D eigenvalue weighted by molar-refractivity contribution is 0.0701. The number of thiazole rings is 1. The van der Waals surface area contributed by atoms with E-state index in [9.17, 15) is 4.79 Å². The van der Waals surface area contributed by atoms with Gasteiger partial charge in [-0.2, -0.15) is 11.8 Å². The van der Waals surface area contributed by atoms with Crippen LogP contribution in [0.5, 0.6) is 0 Å². The average molecular weight is 286 g/mol. The first-order chi connectivity index (χ1) is 8.61. The van der Waals surface area contributed by atoms with Crippen LogP contribution in [0, 0.1) is 6.92 Å². The number of carbonyl (C=O) groups is 1. The third-order valence-corrected chi connectivity index (χ3v) is 5.54. The van der Waals surface area contributed by atoms with Crippen LogP contribution in [0.3, 0.4) is 0 Å². The van der Waals surface area contributed by atoms with Gasteiger partial charge in [-0.05, 0) is 25.5 Å². The molecule has 0 saturated heterocycles. The zero-order chi connectivity index (χ0) is 13.1. The zero-order valence-electron chi connectivity index (χ0n) is 10.6. The molecule has 1 saturated carbocycles. The molecule has 18 heavy (non-hydrogen) atoms. The van der Waals surface area contributed by atoms with E-state index in [1.165, 1.54) is 24.2 Å². The zero-order valence-corrected chi connectivity index (χ0v) is 12.2. The molecular formula is C12H18N2O2S2. The van der Waals surface area contributed by atoms with Crippen LogP contribution in [0.25, 0.3) is 0 Å². The first-order valence-corrected chi connectivity index (χ1v) is 8.07. The second-order valence-electron chi connectivity index (χ2n) is 4.41. The molecule has 2 N–H and O–H groups in total. The monoisotopic (exact) mass is 286 g/mol. The minimum Gasteiger partial charge on any atom is -0.477 e. The molecule has 0 bridgehead atoms. The Bertz CT molecular complexity index is 434. The van der Waals surface area contributed by atoms with Crippen molar-refractivity contribution in [3.05, 3.63) is 10.6 Å². The lowest BCUT2D eigenvalue weighted by Gasteiger charge is -2.19. The molecule has 6 heteroatoms. The Balaban J connectivity index is 2.04. The molecule has 0 amide bonds. The van der Waals surface area contributed by atoms with E-state index in [0.29, 0.717) is 21.9 Å².